The number of nitrogens with two attached hydrogens (primary N) is 1. The van der Waals surface area contributed by atoms with Gasteiger partial charge in [0.25, 0.3) is 0 Å². The Morgan fingerprint density at radius 3 is 2.95 bits per heavy atom. The van der Waals surface area contributed by atoms with E-state index in [1.807, 2.05) is 22.9 Å². The van der Waals surface area contributed by atoms with Gasteiger partial charge in [-0.3, -0.25) is 0 Å². The van der Waals surface area contributed by atoms with E-state index in [9.17, 15) is 0 Å². The third-order valence-corrected chi connectivity index (χ3v) is 4.40. The van der Waals surface area contributed by atoms with Crippen molar-refractivity contribution < 1.29 is 0 Å². The van der Waals surface area contributed by atoms with E-state index in [0.717, 1.165) is 28.3 Å². The molecule has 1 atom stereocenters. The molecule has 1 aliphatic rings. The molecular weight excluding hydrogens is 306 g/mol. The number of hydrogen-bond donors (Lipinski definition) is 1. The monoisotopic (exact) mass is 321 g/mol. The fraction of sp³-hybridized carbons (Fsp3) is 0.462. The van der Waals surface area contributed by atoms with Crippen molar-refractivity contribution >= 4 is 21.6 Å². The van der Waals surface area contributed by atoms with Crippen LogP contribution in [-0.2, 0) is 6.54 Å². The summed E-state index contributed by atoms with van der Waals surface area (Å²) >= 11 is 3.40. The zero-order valence-corrected chi connectivity index (χ0v) is 12.3. The topological polar surface area (TPSA) is 69.6 Å². The van der Waals surface area contributed by atoms with Crippen LogP contribution in [0.3, 0.4) is 0 Å². The molecule has 1 saturated carbocycles. The Bertz CT molecular complexity index is 590. The lowest BCUT2D eigenvalue weighted by Gasteiger charge is -2.11. The SMILES string of the molecule is CC(Cn1nnnc1-c1ccc(Br)c(N)c1)C1CC1. The summed E-state index contributed by atoms with van der Waals surface area (Å²) in [6, 6.07) is 5.80. The molecule has 1 aliphatic carbocycles. The number of hydrogen-bond acceptors (Lipinski definition) is 4. The lowest BCUT2D eigenvalue weighted by molar-refractivity contribution is 0.402. The summed E-state index contributed by atoms with van der Waals surface area (Å²) in [7, 11) is 0. The molecule has 5 nitrogen and oxygen atoms in total. The molecule has 1 unspecified atom stereocenters. The van der Waals surface area contributed by atoms with Crippen LogP contribution in [0.15, 0.2) is 22.7 Å². The van der Waals surface area contributed by atoms with Crippen LogP contribution < -0.4 is 5.73 Å². The van der Waals surface area contributed by atoms with Crippen LogP contribution in [0, 0.1) is 11.8 Å². The van der Waals surface area contributed by atoms with E-state index in [-0.39, 0.29) is 0 Å². The van der Waals surface area contributed by atoms with Crippen molar-refractivity contribution in [1.82, 2.24) is 20.2 Å². The number of rotatable bonds is 4. The van der Waals surface area contributed by atoms with E-state index >= 15 is 0 Å². The van der Waals surface area contributed by atoms with Crippen molar-refractivity contribution in [1.29, 1.82) is 0 Å². The van der Waals surface area contributed by atoms with Gasteiger partial charge in [0, 0.05) is 22.3 Å². The normalized spacial score (nSPS) is 16.5. The van der Waals surface area contributed by atoms with Gasteiger partial charge in [0.1, 0.15) is 0 Å². The van der Waals surface area contributed by atoms with Crippen molar-refractivity contribution in [3.63, 3.8) is 0 Å². The second-order valence-electron chi connectivity index (χ2n) is 5.24. The fourth-order valence-electron chi connectivity index (χ4n) is 2.30. The Hall–Kier alpha value is -1.43. The quantitative estimate of drug-likeness (QED) is 0.879. The summed E-state index contributed by atoms with van der Waals surface area (Å²) in [6.45, 7) is 3.13. The first kappa shape index (κ1) is 12.6. The maximum absolute atomic E-state index is 5.91. The van der Waals surface area contributed by atoms with E-state index in [1.54, 1.807) is 0 Å². The summed E-state index contributed by atoms with van der Waals surface area (Å²) in [4.78, 5) is 0. The third-order valence-electron chi connectivity index (χ3n) is 3.67. The second kappa shape index (κ2) is 4.92. The minimum Gasteiger partial charge on any atom is -0.398 e. The Morgan fingerprint density at radius 1 is 1.47 bits per heavy atom. The van der Waals surface area contributed by atoms with Crippen LogP contribution in [0.1, 0.15) is 19.8 Å². The summed E-state index contributed by atoms with van der Waals surface area (Å²) in [6.07, 6.45) is 2.67. The molecule has 19 heavy (non-hydrogen) atoms. The molecule has 1 fully saturated rings. The summed E-state index contributed by atoms with van der Waals surface area (Å²) in [5.74, 6) is 2.24. The molecule has 0 bridgehead atoms. The highest BCUT2D eigenvalue weighted by molar-refractivity contribution is 9.10. The molecular formula is C13H16BrN5. The van der Waals surface area contributed by atoms with E-state index in [0.29, 0.717) is 11.6 Å². The molecule has 1 heterocycles. The molecule has 2 N–H and O–H groups in total. The summed E-state index contributed by atoms with van der Waals surface area (Å²) in [5, 5.41) is 12.0. The van der Waals surface area contributed by atoms with Crippen molar-refractivity contribution in [2.24, 2.45) is 11.8 Å². The van der Waals surface area contributed by atoms with Gasteiger partial charge in [-0.2, -0.15) is 0 Å². The van der Waals surface area contributed by atoms with Crippen molar-refractivity contribution in [3.8, 4) is 11.4 Å². The van der Waals surface area contributed by atoms with Crippen molar-refractivity contribution in [2.45, 2.75) is 26.3 Å². The van der Waals surface area contributed by atoms with Gasteiger partial charge >= 0.3 is 0 Å². The molecule has 2 aromatic rings. The fourth-order valence-corrected chi connectivity index (χ4v) is 2.55. The van der Waals surface area contributed by atoms with Gasteiger partial charge in [-0.15, -0.1) is 5.10 Å². The van der Waals surface area contributed by atoms with Gasteiger partial charge in [0.2, 0.25) is 0 Å². The molecule has 0 saturated heterocycles. The lowest BCUT2D eigenvalue weighted by Crippen LogP contribution is -2.12. The number of aromatic nitrogens is 4. The van der Waals surface area contributed by atoms with Crippen molar-refractivity contribution in [2.75, 3.05) is 5.73 Å². The largest absolute Gasteiger partial charge is 0.398 e. The predicted molar refractivity (Wildman–Crippen MR) is 77.3 cm³/mol. The maximum atomic E-state index is 5.91. The van der Waals surface area contributed by atoms with E-state index < -0.39 is 0 Å². The first-order valence-corrected chi connectivity index (χ1v) is 7.26. The minimum absolute atomic E-state index is 0.620. The van der Waals surface area contributed by atoms with E-state index in [2.05, 4.69) is 38.4 Å². The van der Waals surface area contributed by atoms with E-state index in [1.165, 1.54) is 12.8 Å². The number of tetrazole rings is 1. The van der Waals surface area contributed by atoms with Gasteiger partial charge in [0.15, 0.2) is 5.82 Å². The second-order valence-corrected chi connectivity index (χ2v) is 6.09. The first-order chi connectivity index (χ1) is 9.15. The molecule has 3 rings (SSSR count). The summed E-state index contributed by atoms with van der Waals surface area (Å²) < 4.78 is 2.77. The first-order valence-electron chi connectivity index (χ1n) is 6.46. The molecule has 6 heteroatoms. The Morgan fingerprint density at radius 2 is 2.26 bits per heavy atom. The Labute approximate surface area is 120 Å². The minimum atomic E-state index is 0.620. The zero-order valence-electron chi connectivity index (χ0n) is 10.8. The van der Waals surface area contributed by atoms with Crippen LogP contribution in [0.25, 0.3) is 11.4 Å². The van der Waals surface area contributed by atoms with Crippen LogP contribution in [0.5, 0.6) is 0 Å². The molecule has 1 aromatic carbocycles. The number of nitrogens with zero attached hydrogens (tertiary/aromatic N) is 4. The highest BCUT2D eigenvalue weighted by Gasteiger charge is 2.29. The van der Waals surface area contributed by atoms with Crippen LogP contribution in [0.4, 0.5) is 5.69 Å². The third kappa shape index (κ3) is 2.63. The maximum Gasteiger partial charge on any atom is 0.182 e. The molecule has 0 amide bonds. The van der Waals surface area contributed by atoms with Gasteiger partial charge in [-0.25, -0.2) is 4.68 Å². The van der Waals surface area contributed by atoms with Crippen LogP contribution in [-0.4, -0.2) is 20.2 Å². The lowest BCUT2D eigenvalue weighted by atomic mass is 10.1. The molecule has 100 valence electrons. The predicted octanol–water partition coefficient (Wildman–Crippen LogP) is 2.73. The molecule has 0 aliphatic heterocycles. The van der Waals surface area contributed by atoms with Crippen LogP contribution >= 0.6 is 15.9 Å². The number of nitrogen functional groups attached to an aromatic ring is 1. The standard InChI is InChI=1S/C13H16BrN5/c1-8(9-2-3-9)7-19-13(16-17-18-19)10-4-5-11(14)12(15)6-10/h4-6,8-9H,2-3,7,15H2,1H3. The van der Waals surface area contributed by atoms with Crippen LogP contribution in [0.2, 0.25) is 0 Å². The molecule has 0 spiro atoms. The van der Waals surface area contributed by atoms with E-state index in [4.69, 9.17) is 5.73 Å². The highest BCUT2D eigenvalue weighted by atomic mass is 79.9. The number of halogens is 1. The average Bonchev–Trinajstić information content (AvgIpc) is 3.14. The van der Waals surface area contributed by atoms with Gasteiger partial charge in [-0.1, -0.05) is 6.92 Å². The van der Waals surface area contributed by atoms with Gasteiger partial charge < -0.3 is 5.73 Å². The summed E-state index contributed by atoms with van der Waals surface area (Å²) in [5.41, 5.74) is 7.56. The van der Waals surface area contributed by atoms with Crippen molar-refractivity contribution in [3.05, 3.63) is 22.7 Å². The Balaban J connectivity index is 1.87. The molecule has 0 radical (unpaired) electrons. The zero-order chi connectivity index (χ0) is 13.4. The number of anilines is 1. The average molecular weight is 322 g/mol. The number of benzene rings is 1. The Kier molecular flexibility index (Phi) is 3.26. The molecule has 1 aromatic heterocycles. The van der Waals surface area contributed by atoms with Gasteiger partial charge in [-0.05, 0) is 69.2 Å². The highest BCUT2D eigenvalue weighted by Crippen LogP contribution is 2.37. The van der Waals surface area contributed by atoms with Gasteiger partial charge in [0.05, 0.1) is 0 Å². The smallest absolute Gasteiger partial charge is 0.182 e.